The number of rotatable bonds is 2. The van der Waals surface area contributed by atoms with Crippen molar-refractivity contribution in [2.75, 3.05) is 11.4 Å². The lowest BCUT2D eigenvalue weighted by atomic mass is 9.68. The number of halogens is 1. The number of aromatic nitrogens is 3. The number of benzene rings is 1. The van der Waals surface area contributed by atoms with Crippen molar-refractivity contribution in [3.05, 3.63) is 71.7 Å². The summed E-state index contributed by atoms with van der Waals surface area (Å²) in [6, 6.07) is 19.0. The molecule has 2 aliphatic heterocycles. The Labute approximate surface area is 177 Å². The average Bonchev–Trinajstić information content (AvgIpc) is 3.10. The van der Waals surface area contributed by atoms with Gasteiger partial charge in [-0.1, -0.05) is 24.3 Å². The van der Waals surface area contributed by atoms with Gasteiger partial charge in [0, 0.05) is 24.7 Å². The van der Waals surface area contributed by atoms with Crippen LogP contribution in [-0.2, 0) is 11.8 Å². The molecule has 29 heavy (non-hydrogen) atoms. The van der Waals surface area contributed by atoms with Crippen molar-refractivity contribution in [2.24, 2.45) is 0 Å². The lowest BCUT2D eigenvalue weighted by Crippen LogP contribution is -2.57. The summed E-state index contributed by atoms with van der Waals surface area (Å²) in [5, 5.41) is 15.3. The molecule has 6 heteroatoms. The van der Waals surface area contributed by atoms with Crippen LogP contribution in [0.1, 0.15) is 36.2 Å². The molecule has 0 radical (unpaired) electrons. The average molecular weight is 406 g/mol. The van der Waals surface area contributed by atoms with E-state index in [-0.39, 0.29) is 18.4 Å². The zero-order valence-corrected chi connectivity index (χ0v) is 17.3. The number of hydrogen-bond acceptors (Lipinski definition) is 4. The Morgan fingerprint density at radius 1 is 1.10 bits per heavy atom. The van der Waals surface area contributed by atoms with Crippen LogP contribution in [0.15, 0.2) is 54.7 Å². The fourth-order valence-electron chi connectivity index (χ4n) is 4.95. The van der Waals surface area contributed by atoms with Crippen LogP contribution in [0, 0.1) is 18.3 Å². The maximum absolute atomic E-state index is 10.4. The van der Waals surface area contributed by atoms with Crippen molar-refractivity contribution in [3.8, 4) is 11.8 Å². The molecule has 2 unspecified atom stereocenters. The Kier molecular flexibility index (Phi) is 5.06. The number of piperidine rings is 1. The molecule has 3 aromatic rings. The van der Waals surface area contributed by atoms with Crippen molar-refractivity contribution in [1.29, 1.82) is 5.26 Å². The Balaban J connectivity index is 0.00000205. The monoisotopic (exact) mass is 405 g/mol. The third kappa shape index (κ3) is 2.90. The molecule has 148 valence electrons. The zero-order chi connectivity index (χ0) is 19.1. The highest BCUT2D eigenvalue weighted by Gasteiger charge is 2.51. The smallest absolute Gasteiger partial charge is 0.136 e. The molecule has 2 aliphatic rings. The van der Waals surface area contributed by atoms with Gasteiger partial charge in [0.2, 0.25) is 0 Å². The van der Waals surface area contributed by atoms with Gasteiger partial charge in [-0.15, -0.1) is 12.4 Å². The van der Waals surface area contributed by atoms with E-state index in [0.717, 1.165) is 48.7 Å². The van der Waals surface area contributed by atoms with E-state index in [2.05, 4.69) is 39.7 Å². The van der Waals surface area contributed by atoms with Crippen LogP contribution in [0.2, 0.25) is 0 Å². The largest absolute Gasteiger partial charge is 0.351 e. The van der Waals surface area contributed by atoms with Gasteiger partial charge in [-0.2, -0.15) is 10.4 Å². The van der Waals surface area contributed by atoms with E-state index in [4.69, 9.17) is 5.10 Å². The molecule has 2 aromatic heterocycles. The number of pyridine rings is 1. The molecule has 0 N–H and O–H groups in total. The van der Waals surface area contributed by atoms with Crippen LogP contribution in [0.4, 0.5) is 5.82 Å². The van der Waals surface area contributed by atoms with Gasteiger partial charge >= 0.3 is 0 Å². The Morgan fingerprint density at radius 3 is 2.62 bits per heavy atom. The summed E-state index contributed by atoms with van der Waals surface area (Å²) in [5.74, 6) is 1.16. The van der Waals surface area contributed by atoms with Crippen LogP contribution < -0.4 is 4.90 Å². The fourth-order valence-corrected chi connectivity index (χ4v) is 4.95. The van der Waals surface area contributed by atoms with Crippen molar-refractivity contribution < 1.29 is 0 Å². The first-order valence-corrected chi connectivity index (χ1v) is 9.98. The van der Waals surface area contributed by atoms with Gasteiger partial charge in [0.25, 0.3) is 0 Å². The second-order valence-electron chi connectivity index (χ2n) is 7.81. The van der Waals surface area contributed by atoms with Crippen molar-refractivity contribution in [3.63, 3.8) is 0 Å². The molecule has 1 fully saturated rings. The second kappa shape index (κ2) is 7.53. The first kappa shape index (κ1) is 19.5. The first-order chi connectivity index (χ1) is 13.7. The normalized spacial score (nSPS) is 22.8. The quantitative estimate of drug-likeness (QED) is 0.635. The SMILES string of the molecule is Cc1nn(-c2ccccc2)c2c1CC(C#N)(c1ccccn1)C1CCCCN21.Cl. The van der Waals surface area contributed by atoms with Gasteiger partial charge in [-0.3, -0.25) is 4.98 Å². The molecule has 0 bridgehead atoms. The van der Waals surface area contributed by atoms with Crippen LogP contribution >= 0.6 is 12.4 Å². The zero-order valence-electron chi connectivity index (χ0n) is 16.5. The summed E-state index contributed by atoms with van der Waals surface area (Å²) in [6.07, 6.45) is 5.75. The number of aryl methyl sites for hydroxylation is 1. The van der Waals surface area contributed by atoms with E-state index in [0.29, 0.717) is 6.42 Å². The summed E-state index contributed by atoms with van der Waals surface area (Å²) in [4.78, 5) is 7.07. The summed E-state index contributed by atoms with van der Waals surface area (Å²) < 4.78 is 2.07. The van der Waals surface area contributed by atoms with E-state index < -0.39 is 5.41 Å². The number of nitrogens with zero attached hydrogens (tertiary/aromatic N) is 5. The molecule has 0 amide bonds. The summed E-state index contributed by atoms with van der Waals surface area (Å²) in [7, 11) is 0. The van der Waals surface area contributed by atoms with Crippen molar-refractivity contribution in [1.82, 2.24) is 14.8 Å². The van der Waals surface area contributed by atoms with Crippen LogP contribution in [-0.4, -0.2) is 27.4 Å². The molecule has 5 nitrogen and oxygen atoms in total. The van der Waals surface area contributed by atoms with Crippen LogP contribution in [0.5, 0.6) is 0 Å². The Bertz CT molecular complexity index is 1040. The third-order valence-corrected chi connectivity index (χ3v) is 6.28. The van der Waals surface area contributed by atoms with Gasteiger partial charge in [0.05, 0.1) is 29.2 Å². The highest BCUT2D eigenvalue weighted by Crippen LogP contribution is 2.47. The van der Waals surface area contributed by atoms with E-state index in [1.54, 1.807) is 6.20 Å². The predicted octanol–water partition coefficient (Wildman–Crippen LogP) is 4.37. The van der Waals surface area contributed by atoms with Gasteiger partial charge in [0.1, 0.15) is 11.2 Å². The molecule has 1 saturated heterocycles. The van der Waals surface area contributed by atoms with Gasteiger partial charge in [-0.25, -0.2) is 4.68 Å². The first-order valence-electron chi connectivity index (χ1n) is 9.98. The van der Waals surface area contributed by atoms with Crippen LogP contribution in [0.3, 0.4) is 0 Å². The molecule has 0 saturated carbocycles. The minimum atomic E-state index is -0.635. The molecule has 0 spiro atoms. The topological polar surface area (TPSA) is 57.7 Å². The lowest BCUT2D eigenvalue weighted by molar-refractivity contribution is 0.315. The molecule has 0 aliphatic carbocycles. The number of fused-ring (bicyclic) bond motifs is 3. The highest BCUT2D eigenvalue weighted by atomic mass is 35.5. The predicted molar refractivity (Wildman–Crippen MR) is 116 cm³/mol. The third-order valence-electron chi connectivity index (χ3n) is 6.28. The van der Waals surface area contributed by atoms with Crippen molar-refractivity contribution >= 4 is 18.2 Å². The maximum Gasteiger partial charge on any atom is 0.136 e. The summed E-state index contributed by atoms with van der Waals surface area (Å²) in [5.41, 5.74) is 3.49. The van der Waals surface area contributed by atoms with Gasteiger partial charge in [0.15, 0.2) is 0 Å². The lowest BCUT2D eigenvalue weighted by Gasteiger charge is -2.49. The van der Waals surface area contributed by atoms with E-state index >= 15 is 0 Å². The second-order valence-corrected chi connectivity index (χ2v) is 7.81. The molecule has 2 atom stereocenters. The Morgan fingerprint density at radius 2 is 1.90 bits per heavy atom. The van der Waals surface area contributed by atoms with Gasteiger partial charge < -0.3 is 4.90 Å². The van der Waals surface area contributed by atoms with E-state index in [1.165, 1.54) is 5.56 Å². The highest BCUT2D eigenvalue weighted by molar-refractivity contribution is 5.85. The molecule has 4 heterocycles. The fraction of sp³-hybridized carbons (Fsp3) is 0.348. The number of hydrogen-bond donors (Lipinski definition) is 0. The minimum absolute atomic E-state index is 0. The number of nitriles is 1. The number of anilines is 1. The maximum atomic E-state index is 10.4. The van der Waals surface area contributed by atoms with Gasteiger partial charge in [-0.05, 0) is 50.5 Å². The summed E-state index contributed by atoms with van der Waals surface area (Å²) >= 11 is 0. The molecular formula is C23H24ClN5. The van der Waals surface area contributed by atoms with Crippen molar-refractivity contribution in [2.45, 2.75) is 44.1 Å². The minimum Gasteiger partial charge on any atom is -0.351 e. The molecule has 1 aromatic carbocycles. The van der Waals surface area contributed by atoms with E-state index in [1.807, 2.05) is 36.4 Å². The summed E-state index contributed by atoms with van der Waals surface area (Å²) in [6.45, 7) is 3.01. The molecule has 5 rings (SSSR count). The van der Waals surface area contributed by atoms with Crippen LogP contribution in [0.25, 0.3) is 5.69 Å². The van der Waals surface area contributed by atoms with E-state index in [9.17, 15) is 5.26 Å². The number of para-hydroxylation sites is 1. The standard InChI is InChI=1S/C23H23N5.ClH/c1-17-19-15-23(16-24,20-11-5-7-13-25-20)21-12-6-8-14-27(21)22(19)28(26-17)18-9-3-2-4-10-18;/h2-5,7,9-11,13,21H,6,8,12,14-15H2,1H3;1H. The molecular weight excluding hydrogens is 382 g/mol. The Hall–Kier alpha value is -2.84.